The van der Waals surface area contributed by atoms with Crippen molar-refractivity contribution >= 4 is 0 Å². The van der Waals surface area contributed by atoms with Gasteiger partial charge in [0.15, 0.2) is 0 Å². The van der Waals surface area contributed by atoms with Gasteiger partial charge in [0.25, 0.3) is 0 Å². The van der Waals surface area contributed by atoms with Crippen LogP contribution < -0.4 is 0 Å². The van der Waals surface area contributed by atoms with E-state index >= 15 is 0 Å². The molecule has 0 fully saturated rings. The van der Waals surface area contributed by atoms with Gasteiger partial charge >= 0.3 is 0 Å². The van der Waals surface area contributed by atoms with E-state index in [2.05, 4.69) is 20.8 Å². The van der Waals surface area contributed by atoms with Gasteiger partial charge in [-0.2, -0.15) is 0 Å². The van der Waals surface area contributed by atoms with E-state index in [0.717, 1.165) is 0 Å². The van der Waals surface area contributed by atoms with Gasteiger partial charge in [-0.25, -0.2) is 0 Å². The van der Waals surface area contributed by atoms with Crippen LogP contribution >= 0.6 is 0 Å². The summed E-state index contributed by atoms with van der Waals surface area (Å²) < 4.78 is 0. The molecule has 0 bridgehead atoms. The van der Waals surface area contributed by atoms with Gasteiger partial charge in [0, 0.05) is 53.8 Å². The molecule has 1 radical (unpaired) electrons. The van der Waals surface area contributed by atoms with E-state index in [1.807, 2.05) is 13.3 Å². The van der Waals surface area contributed by atoms with E-state index in [1.165, 1.54) is 0 Å². The maximum atomic E-state index is 3.74. The van der Waals surface area contributed by atoms with Crippen LogP contribution in [0, 0.1) is 46.5 Å². The summed E-state index contributed by atoms with van der Waals surface area (Å²) in [5.74, 6) is 0.562. The Morgan fingerprint density at radius 1 is 1.20 bits per heavy atom. The summed E-state index contributed by atoms with van der Waals surface area (Å²) in [7, 11) is 0. The van der Waals surface area contributed by atoms with Crippen LogP contribution in [0.25, 0.3) is 0 Å². The molecule has 61 valence electrons. The minimum absolute atomic E-state index is 0. The van der Waals surface area contributed by atoms with Gasteiger partial charge in [-0.15, -0.1) is 6.92 Å². The molecule has 0 aromatic carbocycles. The molecular formula is C8H15WY-5. The van der Waals surface area contributed by atoms with Crippen molar-refractivity contribution in [1.82, 2.24) is 0 Å². The van der Waals surface area contributed by atoms with Crippen molar-refractivity contribution in [3.8, 4) is 0 Å². The largest absolute Gasteiger partial charge is 0.446 e. The van der Waals surface area contributed by atoms with Gasteiger partial charge in [0.1, 0.15) is 0 Å². The summed E-state index contributed by atoms with van der Waals surface area (Å²) in [4.78, 5) is 0. The van der Waals surface area contributed by atoms with Crippen molar-refractivity contribution in [3.63, 3.8) is 0 Å². The molecule has 0 rings (SSSR count). The van der Waals surface area contributed by atoms with Crippen LogP contribution in [0.2, 0.25) is 0 Å². The van der Waals surface area contributed by atoms with Gasteiger partial charge in [-0.1, -0.05) is 0 Å². The fourth-order valence-electron chi connectivity index (χ4n) is 0.465. The van der Waals surface area contributed by atoms with Crippen LogP contribution in [-0.4, -0.2) is 0 Å². The topological polar surface area (TPSA) is 0 Å². The summed E-state index contributed by atoms with van der Waals surface area (Å²) in [6.07, 6.45) is 2.00. The molecule has 0 N–H and O–H groups in total. The van der Waals surface area contributed by atoms with Crippen LogP contribution in [0.15, 0.2) is 0 Å². The maximum absolute atomic E-state index is 3.74. The second-order valence-corrected chi connectivity index (χ2v) is 1.93. The summed E-state index contributed by atoms with van der Waals surface area (Å²) in [5.41, 5.74) is 0. The Morgan fingerprint density at radius 2 is 1.50 bits per heavy atom. The van der Waals surface area contributed by atoms with Crippen LogP contribution in [0.1, 0.15) is 6.92 Å². The molecule has 0 aliphatic carbocycles. The molecule has 0 spiro atoms. The summed E-state index contributed by atoms with van der Waals surface area (Å²) in [5, 5.41) is 0. The molecule has 0 heterocycles. The first kappa shape index (κ1) is 22.6. The third-order valence-corrected chi connectivity index (χ3v) is 0.601. The van der Waals surface area contributed by atoms with Gasteiger partial charge in [0.2, 0.25) is 0 Å². The Bertz CT molecular complexity index is 38.5. The summed E-state index contributed by atoms with van der Waals surface area (Å²) >= 11 is 0. The normalized spacial score (nSPS) is 10.5. The number of hydrogen-bond acceptors (Lipinski definition) is 0. The van der Waals surface area contributed by atoms with Crippen LogP contribution in [0.5, 0.6) is 0 Å². The molecule has 0 saturated heterocycles. The standard InChI is InChI=1S/C7H12.CH3.W.Y/c1-6(2)5-7(3)4;;;/h5-7H,1-3H2,4H3;1H3;;/q-4;-1;;. The molecule has 10 heavy (non-hydrogen) atoms. The summed E-state index contributed by atoms with van der Waals surface area (Å²) in [6.45, 7) is 13.1. The smallest absolute Gasteiger partial charge is 0 e. The predicted molar refractivity (Wildman–Crippen MR) is 39.4 cm³/mol. The number of hydrogen-bond donors (Lipinski definition) is 0. The zero-order valence-corrected chi connectivity index (χ0v) is 12.6. The van der Waals surface area contributed by atoms with Crippen molar-refractivity contribution in [2.45, 2.75) is 6.92 Å². The first-order chi connectivity index (χ1) is 3.13. The average molecular weight is 384 g/mol. The molecule has 2 heteroatoms. The van der Waals surface area contributed by atoms with Crippen molar-refractivity contribution in [3.05, 3.63) is 34.6 Å². The zero-order valence-electron chi connectivity index (χ0n) is 6.84. The van der Waals surface area contributed by atoms with Gasteiger partial charge < -0.3 is 46.5 Å². The van der Waals surface area contributed by atoms with Gasteiger partial charge in [0.05, 0.1) is 0 Å². The van der Waals surface area contributed by atoms with E-state index in [4.69, 9.17) is 0 Å². The minimum Gasteiger partial charge on any atom is -0.446 e. The van der Waals surface area contributed by atoms with Crippen LogP contribution in [0.4, 0.5) is 0 Å². The van der Waals surface area contributed by atoms with E-state index in [9.17, 15) is 0 Å². The monoisotopic (exact) mass is 384 g/mol. The number of rotatable bonds is 2. The molecule has 0 aliphatic heterocycles. The van der Waals surface area contributed by atoms with E-state index in [-0.39, 0.29) is 67.1 Å². The Kier molecular flexibility index (Phi) is 30.3. The minimum atomic E-state index is 0. The Hall–Kier alpha value is 1.79. The third-order valence-electron chi connectivity index (χ3n) is 0.601. The quantitative estimate of drug-likeness (QED) is 0.642. The molecular weight excluding hydrogens is 369 g/mol. The first-order valence-electron chi connectivity index (χ1n) is 2.47. The molecule has 0 amide bonds. The molecule has 1 unspecified atom stereocenters. The zero-order chi connectivity index (χ0) is 5.86. The second-order valence-electron chi connectivity index (χ2n) is 1.93. The van der Waals surface area contributed by atoms with Crippen molar-refractivity contribution in [2.24, 2.45) is 11.8 Å². The van der Waals surface area contributed by atoms with Crippen molar-refractivity contribution < 1.29 is 53.8 Å². The molecule has 0 aliphatic rings. The predicted octanol–water partition coefficient (Wildman–Crippen LogP) is 2.39. The molecule has 0 nitrogen and oxygen atoms in total. The van der Waals surface area contributed by atoms with E-state index in [1.54, 1.807) is 0 Å². The Labute approximate surface area is 106 Å². The molecule has 1 atom stereocenters. The van der Waals surface area contributed by atoms with Crippen molar-refractivity contribution in [1.29, 1.82) is 0 Å². The average Bonchev–Trinajstić information content (AvgIpc) is 1.27. The SMILES string of the molecule is [CH2-]C([CH2-])[CH-]C([CH2-])C.[CH3-].[W].[Y]. The van der Waals surface area contributed by atoms with Crippen LogP contribution in [0.3, 0.4) is 0 Å². The fourth-order valence-corrected chi connectivity index (χ4v) is 0.465. The summed E-state index contributed by atoms with van der Waals surface area (Å²) in [6, 6.07) is 0. The Morgan fingerprint density at radius 3 is 1.50 bits per heavy atom. The van der Waals surface area contributed by atoms with Gasteiger partial charge in [-0.05, 0) is 0 Å². The van der Waals surface area contributed by atoms with Crippen molar-refractivity contribution in [2.75, 3.05) is 0 Å². The molecule has 0 aromatic rings. The van der Waals surface area contributed by atoms with E-state index in [0.29, 0.717) is 5.92 Å². The van der Waals surface area contributed by atoms with Crippen LogP contribution in [-0.2, 0) is 53.8 Å². The Balaban J connectivity index is -0.0000000600. The fraction of sp³-hybridized carbons (Fsp3) is 0.375. The third kappa shape index (κ3) is 22.6. The first-order valence-corrected chi connectivity index (χ1v) is 2.47. The molecule has 0 aromatic heterocycles. The molecule has 0 saturated carbocycles. The van der Waals surface area contributed by atoms with E-state index < -0.39 is 0 Å². The maximum Gasteiger partial charge on any atom is 0 e. The second kappa shape index (κ2) is 13.4. The van der Waals surface area contributed by atoms with Gasteiger partial charge in [-0.3, -0.25) is 0 Å².